The van der Waals surface area contributed by atoms with E-state index >= 15 is 0 Å². The second kappa shape index (κ2) is 6.29. The highest BCUT2D eigenvalue weighted by Crippen LogP contribution is 2.35. The maximum atomic E-state index is 6.15. The number of rotatable bonds is 4. The van der Waals surface area contributed by atoms with Crippen LogP contribution in [0.2, 0.25) is 0 Å². The summed E-state index contributed by atoms with van der Waals surface area (Å²) < 4.78 is 6.15. The Morgan fingerprint density at radius 3 is 3.05 bits per heavy atom. The summed E-state index contributed by atoms with van der Waals surface area (Å²) in [6, 6.07) is 12.6. The largest absolute Gasteiger partial charge is 0.487 e. The number of thioether (sulfide) groups is 1. The number of fused-ring (bicyclic) bond motifs is 1. The Kier molecular flexibility index (Phi) is 4.23. The average molecular weight is 286 g/mol. The first-order valence-corrected chi connectivity index (χ1v) is 7.80. The fraction of sp³-hybridized carbons (Fsp3) is 0.312. The predicted octanol–water partition coefficient (Wildman–Crippen LogP) is 2.77. The second-order valence-corrected chi connectivity index (χ2v) is 5.94. The Hall–Kier alpha value is -1.52. The van der Waals surface area contributed by atoms with Gasteiger partial charge in [0.05, 0.1) is 0 Å². The van der Waals surface area contributed by atoms with Gasteiger partial charge < -0.3 is 10.1 Å². The number of para-hydroxylation sites is 1. The lowest BCUT2D eigenvalue weighted by Crippen LogP contribution is -2.45. The number of ether oxygens (including phenoxy) is 1. The first-order chi connectivity index (χ1) is 9.86. The van der Waals surface area contributed by atoms with Crippen LogP contribution in [0.25, 0.3) is 0 Å². The molecule has 0 radical (unpaired) electrons. The number of hydrogen-bond acceptors (Lipinski definition) is 4. The van der Waals surface area contributed by atoms with Gasteiger partial charge in [0.1, 0.15) is 11.9 Å². The van der Waals surface area contributed by atoms with Gasteiger partial charge in [0.25, 0.3) is 0 Å². The molecule has 0 amide bonds. The molecule has 2 unspecified atom stereocenters. The highest BCUT2D eigenvalue weighted by atomic mass is 32.2. The lowest BCUT2D eigenvalue weighted by Gasteiger charge is -2.31. The number of aromatic nitrogens is 1. The number of pyridine rings is 1. The van der Waals surface area contributed by atoms with E-state index in [1.165, 1.54) is 10.5 Å². The molecule has 1 aliphatic heterocycles. The van der Waals surface area contributed by atoms with Gasteiger partial charge in [0.15, 0.2) is 0 Å². The minimum absolute atomic E-state index is 0.181. The van der Waals surface area contributed by atoms with Crippen LogP contribution in [-0.2, 0) is 6.42 Å². The van der Waals surface area contributed by atoms with Crippen molar-refractivity contribution >= 4 is 11.8 Å². The Labute approximate surface area is 123 Å². The predicted molar refractivity (Wildman–Crippen MR) is 82.4 cm³/mol. The number of nitrogens with one attached hydrogen (secondary N) is 1. The van der Waals surface area contributed by atoms with E-state index in [0.29, 0.717) is 6.04 Å². The van der Waals surface area contributed by atoms with Crippen molar-refractivity contribution in [3.63, 3.8) is 0 Å². The fourth-order valence-corrected chi connectivity index (χ4v) is 3.50. The van der Waals surface area contributed by atoms with Crippen molar-refractivity contribution in [1.82, 2.24) is 10.3 Å². The van der Waals surface area contributed by atoms with Gasteiger partial charge in [-0.25, -0.2) is 0 Å². The Bertz CT molecular complexity index is 561. The summed E-state index contributed by atoms with van der Waals surface area (Å²) in [5.41, 5.74) is 1.24. The number of likely N-dealkylation sites (N-methyl/N-ethyl adjacent to an activating group) is 1. The quantitative estimate of drug-likeness (QED) is 0.937. The van der Waals surface area contributed by atoms with Gasteiger partial charge in [-0.2, -0.15) is 0 Å². The third-order valence-electron chi connectivity index (χ3n) is 3.53. The lowest BCUT2D eigenvalue weighted by molar-refractivity contribution is 0.169. The van der Waals surface area contributed by atoms with E-state index in [-0.39, 0.29) is 6.10 Å². The highest BCUT2D eigenvalue weighted by Gasteiger charge is 2.27. The number of nitrogens with zero attached hydrogens (tertiary/aromatic N) is 1. The second-order valence-electron chi connectivity index (χ2n) is 4.87. The zero-order chi connectivity index (χ0) is 13.8. The van der Waals surface area contributed by atoms with E-state index in [4.69, 9.17) is 4.74 Å². The van der Waals surface area contributed by atoms with Crippen molar-refractivity contribution in [2.45, 2.75) is 23.5 Å². The molecule has 2 atom stereocenters. The summed E-state index contributed by atoms with van der Waals surface area (Å²) in [4.78, 5) is 5.42. The third-order valence-corrected chi connectivity index (χ3v) is 4.67. The van der Waals surface area contributed by atoms with Gasteiger partial charge in [-0.15, -0.1) is 11.8 Å². The maximum Gasteiger partial charge on any atom is 0.133 e. The van der Waals surface area contributed by atoms with Crippen molar-refractivity contribution in [3.8, 4) is 5.75 Å². The fourth-order valence-electron chi connectivity index (χ4n) is 2.43. The van der Waals surface area contributed by atoms with E-state index in [1.54, 1.807) is 6.20 Å². The topological polar surface area (TPSA) is 34.2 Å². The molecular formula is C16H18N2OS. The molecule has 1 aliphatic rings. The normalized spacial score (nSPS) is 18.9. The molecule has 2 heterocycles. The van der Waals surface area contributed by atoms with Gasteiger partial charge in [-0.3, -0.25) is 4.98 Å². The van der Waals surface area contributed by atoms with Crippen molar-refractivity contribution in [2.75, 3.05) is 12.8 Å². The molecule has 1 aromatic carbocycles. The Balaban J connectivity index is 1.72. The molecule has 0 saturated carbocycles. The van der Waals surface area contributed by atoms with E-state index in [0.717, 1.165) is 17.9 Å². The molecule has 0 aliphatic carbocycles. The molecule has 0 fully saturated rings. The van der Waals surface area contributed by atoms with Crippen LogP contribution in [0.3, 0.4) is 0 Å². The lowest BCUT2D eigenvalue weighted by atomic mass is 10.0. The van der Waals surface area contributed by atoms with Crippen LogP contribution in [0.5, 0.6) is 5.75 Å². The maximum absolute atomic E-state index is 6.15. The Morgan fingerprint density at radius 1 is 1.35 bits per heavy atom. The Morgan fingerprint density at radius 2 is 2.25 bits per heavy atom. The standard InChI is InChI=1S/C16H18N2OS/c1-17-13(9-12-5-4-8-18-10-12)15-11-20-16-7-3-2-6-14(16)19-15/h2-8,10,13,15,17H,9,11H2,1H3. The molecule has 0 saturated heterocycles. The molecule has 4 heteroatoms. The summed E-state index contributed by atoms with van der Waals surface area (Å²) in [5.74, 6) is 1.98. The molecule has 0 spiro atoms. The zero-order valence-electron chi connectivity index (χ0n) is 11.5. The molecule has 2 aromatic rings. The molecular weight excluding hydrogens is 268 g/mol. The van der Waals surface area contributed by atoms with Crippen LogP contribution < -0.4 is 10.1 Å². The number of hydrogen-bond donors (Lipinski definition) is 1. The monoisotopic (exact) mass is 286 g/mol. The van der Waals surface area contributed by atoms with Crippen LogP contribution in [0, 0.1) is 0 Å². The van der Waals surface area contributed by atoms with Crippen LogP contribution in [0.15, 0.2) is 53.7 Å². The molecule has 3 nitrogen and oxygen atoms in total. The summed E-state index contributed by atoms with van der Waals surface area (Å²) in [5, 5.41) is 3.38. The minimum atomic E-state index is 0.181. The van der Waals surface area contributed by atoms with E-state index < -0.39 is 0 Å². The van der Waals surface area contributed by atoms with Crippen molar-refractivity contribution in [1.29, 1.82) is 0 Å². The van der Waals surface area contributed by atoms with Gasteiger partial charge >= 0.3 is 0 Å². The summed E-state index contributed by atoms with van der Waals surface area (Å²) in [7, 11) is 2.00. The molecule has 1 N–H and O–H groups in total. The van der Waals surface area contributed by atoms with E-state index in [9.17, 15) is 0 Å². The average Bonchev–Trinajstić information content (AvgIpc) is 2.53. The van der Waals surface area contributed by atoms with Crippen LogP contribution in [0.1, 0.15) is 5.56 Å². The van der Waals surface area contributed by atoms with Crippen LogP contribution in [0.4, 0.5) is 0 Å². The van der Waals surface area contributed by atoms with Crippen molar-refractivity contribution in [3.05, 3.63) is 54.4 Å². The summed E-state index contributed by atoms with van der Waals surface area (Å²) in [6.07, 6.45) is 4.84. The van der Waals surface area contributed by atoms with Gasteiger partial charge in [0.2, 0.25) is 0 Å². The summed E-state index contributed by atoms with van der Waals surface area (Å²) >= 11 is 1.87. The summed E-state index contributed by atoms with van der Waals surface area (Å²) in [6.45, 7) is 0. The van der Waals surface area contributed by atoms with E-state index in [2.05, 4.69) is 28.5 Å². The molecule has 3 rings (SSSR count). The smallest absolute Gasteiger partial charge is 0.133 e. The number of benzene rings is 1. The first kappa shape index (κ1) is 13.5. The van der Waals surface area contributed by atoms with Crippen LogP contribution >= 0.6 is 11.8 Å². The molecule has 20 heavy (non-hydrogen) atoms. The molecule has 0 bridgehead atoms. The van der Waals surface area contributed by atoms with E-state index in [1.807, 2.05) is 43.2 Å². The van der Waals surface area contributed by atoms with Gasteiger partial charge in [-0.05, 0) is 37.2 Å². The van der Waals surface area contributed by atoms with Crippen molar-refractivity contribution in [2.24, 2.45) is 0 Å². The SMILES string of the molecule is CNC(Cc1cccnc1)C1CSc2ccccc2O1. The minimum Gasteiger partial charge on any atom is -0.487 e. The highest BCUT2D eigenvalue weighted by molar-refractivity contribution is 7.99. The third kappa shape index (κ3) is 2.97. The van der Waals surface area contributed by atoms with Crippen LogP contribution in [-0.4, -0.2) is 29.9 Å². The first-order valence-electron chi connectivity index (χ1n) is 6.81. The van der Waals surface area contributed by atoms with Crippen molar-refractivity contribution < 1.29 is 4.74 Å². The zero-order valence-corrected chi connectivity index (χ0v) is 12.3. The molecule has 104 valence electrons. The molecule has 1 aromatic heterocycles. The van der Waals surface area contributed by atoms with Gasteiger partial charge in [0, 0.05) is 29.1 Å². The van der Waals surface area contributed by atoms with Gasteiger partial charge in [-0.1, -0.05) is 18.2 Å².